The Morgan fingerprint density at radius 1 is 0.380 bits per heavy atom. The molecule has 5 nitrogen and oxygen atoms in total. The highest BCUT2D eigenvalue weighted by molar-refractivity contribution is 6.24. The first-order valence-corrected chi connectivity index (χ1v) is 16.7. The molecule has 3 heterocycles. The maximum atomic E-state index is 6.75. The van der Waals surface area contributed by atoms with Crippen molar-refractivity contribution in [2.24, 2.45) is 0 Å². The largest absolute Gasteiger partial charge is 0.455 e. The average molecular weight is 641 g/mol. The van der Waals surface area contributed by atoms with Gasteiger partial charge in [0, 0.05) is 38.5 Å². The van der Waals surface area contributed by atoms with Crippen LogP contribution in [-0.2, 0) is 0 Å². The summed E-state index contributed by atoms with van der Waals surface area (Å²) in [5.74, 6) is 1.93. The first kappa shape index (κ1) is 28.2. The lowest BCUT2D eigenvalue weighted by atomic mass is 10.0. The van der Waals surface area contributed by atoms with Crippen LogP contribution in [0.3, 0.4) is 0 Å². The van der Waals surface area contributed by atoms with Crippen LogP contribution in [0, 0.1) is 0 Å². The van der Waals surface area contributed by atoms with Crippen molar-refractivity contribution in [1.82, 2.24) is 19.5 Å². The van der Waals surface area contributed by atoms with Gasteiger partial charge in [-0.3, -0.25) is 0 Å². The number of nitrogens with zero attached hydrogens (tertiary/aromatic N) is 4. The van der Waals surface area contributed by atoms with Gasteiger partial charge in [0.05, 0.1) is 16.4 Å². The van der Waals surface area contributed by atoms with Gasteiger partial charge in [-0.25, -0.2) is 15.0 Å². The van der Waals surface area contributed by atoms with E-state index in [-0.39, 0.29) is 0 Å². The Bertz CT molecular complexity index is 2780. The van der Waals surface area contributed by atoms with Crippen molar-refractivity contribution in [3.05, 3.63) is 170 Å². The van der Waals surface area contributed by atoms with Crippen LogP contribution in [0.5, 0.6) is 0 Å². The Kier molecular flexibility index (Phi) is 6.42. The van der Waals surface area contributed by atoms with Crippen molar-refractivity contribution < 1.29 is 4.42 Å². The molecule has 0 bridgehead atoms. The van der Waals surface area contributed by atoms with Gasteiger partial charge in [0.15, 0.2) is 17.5 Å². The van der Waals surface area contributed by atoms with Crippen molar-refractivity contribution in [2.45, 2.75) is 0 Å². The Labute approximate surface area is 287 Å². The lowest BCUT2D eigenvalue weighted by Crippen LogP contribution is -2.00. The van der Waals surface area contributed by atoms with Crippen LogP contribution < -0.4 is 0 Å². The molecule has 0 aliphatic rings. The zero-order valence-electron chi connectivity index (χ0n) is 26.9. The number of rotatable bonds is 5. The van der Waals surface area contributed by atoms with Gasteiger partial charge in [0.1, 0.15) is 11.2 Å². The summed E-state index contributed by atoms with van der Waals surface area (Å²) in [4.78, 5) is 14.6. The second kappa shape index (κ2) is 11.4. The highest BCUT2D eigenvalue weighted by Crippen LogP contribution is 2.41. The number of hydrogen-bond donors (Lipinski definition) is 0. The average Bonchev–Trinajstić information content (AvgIpc) is 3.74. The number of para-hydroxylation sites is 2. The Balaban J connectivity index is 1.06. The molecule has 234 valence electrons. The van der Waals surface area contributed by atoms with E-state index in [1.165, 1.54) is 5.39 Å². The molecule has 0 unspecified atom stereocenters. The van der Waals surface area contributed by atoms with Gasteiger partial charge in [-0.1, -0.05) is 127 Å². The zero-order chi connectivity index (χ0) is 33.0. The van der Waals surface area contributed by atoms with Crippen LogP contribution in [0.15, 0.2) is 174 Å². The molecule has 0 spiro atoms. The Hall–Kier alpha value is -6.85. The maximum Gasteiger partial charge on any atom is 0.164 e. The third-order valence-electron chi connectivity index (χ3n) is 9.46. The molecule has 3 aromatic heterocycles. The van der Waals surface area contributed by atoms with Gasteiger partial charge in [-0.05, 0) is 53.6 Å². The topological polar surface area (TPSA) is 56.7 Å². The quantitative estimate of drug-likeness (QED) is 0.188. The Morgan fingerprint density at radius 2 is 0.900 bits per heavy atom. The van der Waals surface area contributed by atoms with Gasteiger partial charge in [0.25, 0.3) is 0 Å². The van der Waals surface area contributed by atoms with Crippen LogP contribution in [0.4, 0.5) is 0 Å². The van der Waals surface area contributed by atoms with E-state index in [4.69, 9.17) is 19.4 Å². The van der Waals surface area contributed by atoms with E-state index in [9.17, 15) is 0 Å². The van der Waals surface area contributed by atoms with Crippen molar-refractivity contribution in [3.8, 4) is 51.0 Å². The van der Waals surface area contributed by atoms with E-state index >= 15 is 0 Å². The van der Waals surface area contributed by atoms with Crippen molar-refractivity contribution >= 4 is 43.7 Å². The van der Waals surface area contributed by atoms with Crippen LogP contribution in [-0.4, -0.2) is 19.5 Å². The fraction of sp³-hybridized carbons (Fsp3) is 0. The van der Waals surface area contributed by atoms with E-state index in [1.54, 1.807) is 0 Å². The van der Waals surface area contributed by atoms with Crippen LogP contribution in [0.1, 0.15) is 0 Å². The number of furan rings is 1. The molecule has 10 rings (SSSR count). The minimum atomic E-state index is 0.635. The summed E-state index contributed by atoms with van der Waals surface area (Å²) in [6.07, 6.45) is 0. The minimum Gasteiger partial charge on any atom is -0.455 e. The van der Waals surface area contributed by atoms with E-state index in [0.717, 1.165) is 71.9 Å². The van der Waals surface area contributed by atoms with Crippen molar-refractivity contribution in [1.29, 1.82) is 0 Å². The maximum absolute atomic E-state index is 6.75. The molecule has 0 amide bonds. The van der Waals surface area contributed by atoms with Gasteiger partial charge in [-0.15, -0.1) is 0 Å². The summed E-state index contributed by atoms with van der Waals surface area (Å²) < 4.78 is 9.07. The van der Waals surface area contributed by atoms with E-state index < -0.39 is 0 Å². The highest BCUT2D eigenvalue weighted by Gasteiger charge is 2.19. The van der Waals surface area contributed by atoms with Gasteiger partial charge >= 0.3 is 0 Å². The monoisotopic (exact) mass is 640 g/mol. The van der Waals surface area contributed by atoms with Crippen molar-refractivity contribution in [2.75, 3.05) is 0 Å². The van der Waals surface area contributed by atoms with Crippen LogP contribution in [0.25, 0.3) is 94.7 Å². The summed E-state index contributed by atoms with van der Waals surface area (Å²) in [5.41, 5.74) is 10.2. The predicted octanol–water partition coefficient (Wildman–Crippen LogP) is 11.5. The molecule has 0 N–H and O–H groups in total. The van der Waals surface area contributed by atoms with Crippen LogP contribution >= 0.6 is 0 Å². The number of benzene rings is 7. The standard InChI is InChI=1S/C45H28N4O/c1-4-12-30(13-5-1)43-46-44(31-14-6-2-7-15-31)48-45(47-43)32-22-20-29(21-23-32)33-24-25-35-36-26-27-39-41(42(36)50-40(35)28-33)37-18-10-11-19-38(37)49(39)34-16-8-3-9-17-34/h1-28H. The van der Waals surface area contributed by atoms with Gasteiger partial charge < -0.3 is 8.98 Å². The normalized spacial score (nSPS) is 11.6. The van der Waals surface area contributed by atoms with E-state index in [2.05, 4.69) is 114 Å². The molecule has 0 saturated heterocycles. The van der Waals surface area contributed by atoms with Gasteiger partial charge in [0.2, 0.25) is 0 Å². The van der Waals surface area contributed by atoms with Gasteiger partial charge in [-0.2, -0.15) is 0 Å². The summed E-state index contributed by atoms with van der Waals surface area (Å²) >= 11 is 0. The number of aromatic nitrogens is 4. The smallest absolute Gasteiger partial charge is 0.164 e. The molecule has 0 aliphatic heterocycles. The van der Waals surface area contributed by atoms with E-state index in [0.29, 0.717) is 17.5 Å². The third kappa shape index (κ3) is 4.60. The first-order chi connectivity index (χ1) is 24.8. The minimum absolute atomic E-state index is 0.635. The van der Waals surface area contributed by atoms with Crippen LogP contribution in [0.2, 0.25) is 0 Å². The summed E-state index contributed by atoms with van der Waals surface area (Å²) in [5, 5.41) is 4.52. The molecular weight excluding hydrogens is 613 g/mol. The molecular formula is C45H28N4O. The number of fused-ring (bicyclic) bond motifs is 7. The third-order valence-corrected chi connectivity index (χ3v) is 9.46. The molecule has 0 fully saturated rings. The molecule has 50 heavy (non-hydrogen) atoms. The molecule has 0 atom stereocenters. The van der Waals surface area contributed by atoms with E-state index in [1.807, 2.05) is 60.7 Å². The second-order valence-electron chi connectivity index (χ2n) is 12.5. The molecule has 0 saturated carbocycles. The molecule has 0 radical (unpaired) electrons. The summed E-state index contributed by atoms with van der Waals surface area (Å²) in [6, 6.07) is 58.5. The summed E-state index contributed by atoms with van der Waals surface area (Å²) in [7, 11) is 0. The van der Waals surface area contributed by atoms with Crippen molar-refractivity contribution in [3.63, 3.8) is 0 Å². The Morgan fingerprint density at radius 3 is 1.56 bits per heavy atom. The molecule has 0 aliphatic carbocycles. The number of hydrogen-bond acceptors (Lipinski definition) is 4. The predicted molar refractivity (Wildman–Crippen MR) is 203 cm³/mol. The SMILES string of the molecule is c1ccc(-c2nc(-c3ccccc3)nc(-c3ccc(-c4ccc5c(c4)oc4c5ccc5c4c4ccccc4n5-c4ccccc4)cc3)n2)cc1. The fourth-order valence-electron chi connectivity index (χ4n) is 7.07. The zero-order valence-corrected chi connectivity index (χ0v) is 26.9. The first-order valence-electron chi connectivity index (χ1n) is 16.7. The molecule has 5 heteroatoms. The molecule has 10 aromatic rings. The molecule has 7 aromatic carbocycles. The summed E-state index contributed by atoms with van der Waals surface area (Å²) in [6.45, 7) is 0. The second-order valence-corrected chi connectivity index (χ2v) is 12.5. The lowest BCUT2D eigenvalue weighted by Gasteiger charge is -2.09. The fourth-order valence-corrected chi connectivity index (χ4v) is 7.07. The lowest BCUT2D eigenvalue weighted by molar-refractivity contribution is 0.673. The highest BCUT2D eigenvalue weighted by atomic mass is 16.3.